The van der Waals surface area contributed by atoms with Crippen LogP contribution >= 0.6 is 27.3 Å². The molecule has 0 radical (unpaired) electrons. The Morgan fingerprint density at radius 3 is 2.54 bits per heavy atom. The summed E-state index contributed by atoms with van der Waals surface area (Å²) in [4.78, 5) is 20.1. The van der Waals surface area contributed by atoms with Crippen LogP contribution < -0.4 is 29.1 Å². The molecule has 48 heavy (non-hydrogen) atoms. The molecule has 0 N–H and O–H groups in total. The highest BCUT2D eigenvalue weighted by Crippen LogP contribution is 2.42. The number of aromatic nitrogens is 1. The van der Waals surface area contributed by atoms with Crippen LogP contribution in [0.5, 0.6) is 17.2 Å². The van der Waals surface area contributed by atoms with E-state index < -0.39 is 0 Å². The van der Waals surface area contributed by atoms with Crippen LogP contribution in [0.2, 0.25) is 0 Å². The van der Waals surface area contributed by atoms with Gasteiger partial charge in [0.2, 0.25) is 0 Å². The van der Waals surface area contributed by atoms with Gasteiger partial charge in [-0.15, -0.1) is 0 Å². The van der Waals surface area contributed by atoms with Gasteiger partial charge < -0.3 is 14.2 Å². The standard InChI is InChI=1S/C40H31BrN2O4S/c1-45-29-17-14-27(15-18-29)37-32-19-16-26-9-4-6-13-31(26)36(32)42-40-43(37)39(44)35(48-40)22-24-20-33(41)38(34(21-24)46-2)47-23-28-11-7-10-25-8-3-5-12-30(25)28/h3-15,17-18,20-22,37H,16,19,23H2,1-2H3/b35-22-/t37-/m1/s1. The van der Waals surface area contributed by atoms with E-state index in [2.05, 4.69) is 76.6 Å². The van der Waals surface area contributed by atoms with Crippen LogP contribution in [0.25, 0.3) is 22.5 Å². The average molecular weight is 716 g/mol. The second kappa shape index (κ2) is 12.6. The van der Waals surface area contributed by atoms with E-state index in [1.807, 2.05) is 53.1 Å². The minimum Gasteiger partial charge on any atom is -0.497 e. The van der Waals surface area contributed by atoms with Gasteiger partial charge in [-0.25, -0.2) is 4.99 Å². The van der Waals surface area contributed by atoms with Crippen molar-refractivity contribution in [1.29, 1.82) is 0 Å². The Hall–Kier alpha value is -4.92. The molecular formula is C40H31BrN2O4S. The van der Waals surface area contributed by atoms with Gasteiger partial charge in [-0.3, -0.25) is 9.36 Å². The van der Waals surface area contributed by atoms with Crippen molar-refractivity contribution in [3.05, 3.63) is 161 Å². The third kappa shape index (κ3) is 5.35. The summed E-state index contributed by atoms with van der Waals surface area (Å²) in [5.74, 6) is 1.96. The van der Waals surface area contributed by atoms with Gasteiger partial charge in [0, 0.05) is 5.56 Å². The number of benzene rings is 5. The van der Waals surface area contributed by atoms with Crippen LogP contribution in [0.3, 0.4) is 0 Å². The molecule has 0 amide bonds. The molecule has 1 aliphatic carbocycles. The number of fused-ring (bicyclic) bond motifs is 4. The number of ether oxygens (including phenoxy) is 3. The number of hydrogen-bond donors (Lipinski definition) is 0. The third-order valence-electron chi connectivity index (χ3n) is 9.11. The lowest BCUT2D eigenvalue weighted by molar-refractivity contribution is 0.283. The molecule has 6 nitrogen and oxygen atoms in total. The van der Waals surface area contributed by atoms with Gasteiger partial charge in [-0.05, 0) is 97.7 Å². The van der Waals surface area contributed by atoms with E-state index in [0.29, 0.717) is 27.4 Å². The summed E-state index contributed by atoms with van der Waals surface area (Å²) in [7, 11) is 3.29. The van der Waals surface area contributed by atoms with Gasteiger partial charge in [0.05, 0.1) is 35.0 Å². The fourth-order valence-electron chi connectivity index (χ4n) is 6.79. The zero-order chi connectivity index (χ0) is 32.8. The van der Waals surface area contributed by atoms with Gasteiger partial charge in [0.1, 0.15) is 12.4 Å². The van der Waals surface area contributed by atoms with Crippen molar-refractivity contribution < 1.29 is 14.2 Å². The van der Waals surface area contributed by atoms with E-state index in [0.717, 1.165) is 62.0 Å². The Morgan fingerprint density at radius 1 is 0.917 bits per heavy atom. The number of halogens is 1. The van der Waals surface area contributed by atoms with E-state index in [9.17, 15) is 4.79 Å². The number of hydrogen-bond acceptors (Lipinski definition) is 6. The Balaban J connectivity index is 1.20. The van der Waals surface area contributed by atoms with Gasteiger partial charge in [-0.1, -0.05) is 90.2 Å². The van der Waals surface area contributed by atoms with Crippen LogP contribution in [0, 0.1) is 0 Å². The number of aryl methyl sites for hydroxylation is 1. The molecule has 0 unspecified atom stereocenters. The van der Waals surface area contributed by atoms with Crippen molar-refractivity contribution in [2.45, 2.75) is 25.5 Å². The summed E-state index contributed by atoms with van der Waals surface area (Å²) in [6.07, 6.45) is 3.65. The maximum atomic E-state index is 14.3. The molecule has 2 aliphatic rings. The summed E-state index contributed by atoms with van der Waals surface area (Å²) in [5.41, 5.74) is 7.42. The lowest BCUT2D eigenvalue weighted by Crippen LogP contribution is -2.38. The summed E-state index contributed by atoms with van der Waals surface area (Å²) >= 11 is 5.13. The molecule has 0 fully saturated rings. The predicted octanol–water partition coefficient (Wildman–Crippen LogP) is 7.83. The normalized spacial score (nSPS) is 15.4. The molecule has 8 heteroatoms. The summed E-state index contributed by atoms with van der Waals surface area (Å²) in [6, 6.07) is 34.6. The highest BCUT2D eigenvalue weighted by molar-refractivity contribution is 9.10. The lowest BCUT2D eigenvalue weighted by Gasteiger charge is -2.30. The van der Waals surface area contributed by atoms with Crippen LogP contribution in [0.4, 0.5) is 0 Å². The van der Waals surface area contributed by atoms with Gasteiger partial charge in [-0.2, -0.15) is 0 Å². The van der Waals surface area contributed by atoms with Crippen molar-refractivity contribution in [3.63, 3.8) is 0 Å². The molecule has 0 saturated heterocycles. The average Bonchev–Trinajstić information content (AvgIpc) is 3.43. The smallest absolute Gasteiger partial charge is 0.271 e. The molecular weight excluding hydrogens is 684 g/mol. The van der Waals surface area contributed by atoms with Crippen LogP contribution in [-0.4, -0.2) is 18.8 Å². The van der Waals surface area contributed by atoms with E-state index in [1.165, 1.54) is 22.3 Å². The summed E-state index contributed by atoms with van der Waals surface area (Å²) in [6.45, 7) is 0.382. The number of thiazole rings is 1. The number of methoxy groups -OCH3 is 2. The van der Waals surface area contributed by atoms with E-state index in [-0.39, 0.29) is 11.6 Å². The minimum absolute atomic E-state index is 0.0728. The zero-order valence-electron chi connectivity index (χ0n) is 26.4. The zero-order valence-corrected chi connectivity index (χ0v) is 28.8. The molecule has 0 saturated carbocycles. The Bertz CT molecular complexity index is 2420. The first-order valence-corrected chi connectivity index (χ1v) is 17.4. The van der Waals surface area contributed by atoms with Gasteiger partial charge in [0.25, 0.3) is 5.56 Å². The minimum atomic E-state index is -0.260. The number of nitrogens with zero attached hydrogens (tertiary/aromatic N) is 2. The van der Waals surface area contributed by atoms with Gasteiger partial charge in [0.15, 0.2) is 16.3 Å². The number of rotatable bonds is 7. The predicted molar refractivity (Wildman–Crippen MR) is 195 cm³/mol. The first-order valence-electron chi connectivity index (χ1n) is 15.8. The number of allylic oxidation sites excluding steroid dienone is 1. The molecule has 1 atom stereocenters. The molecule has 0 bridgehead atoms. The monoisotopic (exact) mass is 714 g/mol. The van der Waals surface area contributed by atoms with Crippen molar-refractivity contribution in [2.24, 2.45) is 4.99 Å². The van der Waals surface area contributed by atoms with Crippen molar-refractivity contribution >= 4 is 49.8 Å². The first-order chi connectivity index (χ1) is 23.5. The fourth-order valence-corrected chi connectivity index (χ4v) is 8.37. The molecule has 238 valence electrons. The summed E-state index contributed by atoms with van der Waals surface area (Å²) < 4.78 is 20.8. The topological polar surface area (TPSA) is 62.0 Å². The molecule has 5 aromatic carbocycles. The van der Waals surface area contributed by atoms with Crippen molar-refractivity contribution in [3.8, 4) is 17.2 Å². The second-order valence-corrected chi connectivity index (χ2v) is 13.7. The largest absolute Gasteiger partial charge is 0.497 e. The SMILES string of the molecule is COc1ccc([C@@H]2C3=C(N=c4s/c(=C\c5cc(Br)c(OCc6cccc7ccccc67)c(OC)c5)c(=O)n42)c2ccccc2CC3)cc1. The quantitative estimate of drug-likeness (QED) is 0.169. The van der Waals surface area contributed by atoms with Crippen molar-refractivity contribution in [2.75, 3.05) is 14.2 Å². The van der Waals surface area contributed by atoms with Crippen LogP contribution in [0.15, 0.2) is 123 Å². The lowest BCUT2D eigenvalue weighted by atomic mass is 9.83. The van der Waals surface area contributed by atoms with Crippen LogP contribution in [0.1, 0.15) is 40.3 Å². The molecule has 1 aliphatic heterocycles. The molecule has 8 rings (SSSR count). The molecule has 0 spiro atoms. The fraction of sp³-hybridized carbons (Fsp3) is 0.150. The van der Waals surface area contributed by atoms with Crippen molar-refractivity contribution in [1.82, 2.24) is 4.57 Å². The Kier molecular flexibility index (Phi) is 7.98. The Morgan fingerprint density at radius 2 is 1.71 bits per heavy atom. The Labute approximate surface area is 290 Å². The maximum Gasteiger partial charge on any atom is 0.271 e. The van der Waals surface area contributed by atoms with Gasteiger partial charge >= 0.3 is 0 Å². The summed E-state index contributed by atoms with van der Waals surface area (Å²) in [5, 5.41) is 2.32. The first kappa shape index (κ1) is 30.4. The maximum absolute atomic E-state index is 14.3. The van der Waals surface area contributed by atoms with Crippen LogP contribution in [-0.2, 0) is 13.0 Å². The van der Waals surface area contributed by atoms with E-state index in [4.69, 9.17) is 19.2 Å². The highest BCUT2D eigenvalue weighted by atomic mass is 79.9. The molecule has 2 heterocycles. The molecule has 6 aromatic rings. The van der Waals surface area contributed by atoms with E-state index >= 15 is 0 Å². The van der Waals surface area contributed by atoms with E-state index in [1.54, 1.807) is 14.2 Å². The molecule has 1 aromatic heterocycles. The second-order valence-electron chi connectivity index (χ2n) is 11.8. The third-order valence-corrected chi connectivity index (χ3v) is 10.7. The highest BCUT2D eigenvalue weighted by Gasteiger charge is 2.32.